The van der Waals surface area contributed by atoms with Crippen LogP contribution in [0.5, 0.6) is 0 Å². The van der Waals surface area contributed by atoms with E-state index >= 15 is 0 Å². The molecule has 0 aromatic heterocycles. The van der Waals surface area contributed by atoms with Gasteiger partial charge in [-0.15, -0.1) is 11.8 Å². The number of anilines is 1. The van der Waals surface area contributed by atoms with Gasteiger partial charge in [0.25, 0.3) is 0 Å². The van der Waals surface area contributed by atoms with Gasteiger partial charge in [0.1, 0.15) is 0 Å². The lowest BCUT2D eigenvalue weighted by atomic mass is 10.3. The second kappa shape index (κ2) is 5.66. The molecule has 1 rings (SSSR count). The Hall–Kier alpha value is -1.16. The van der Waals surface area contributed by atoms with E-state index in [2.05, 4.69) is 0 Å². The molecule has 1 amide bonds. The first kappa shape index (κ1) is 11.9. The summed E-state index contributed by atoms with van der Waals surface area (Å²) in [5, 5.41) is 0. The van der Waals surface area contributed by atoms with Gasteiger partial charge in [-0.25, -0.2) is 0 Å². The molecule has 0 aliphatic rings. The Bertz CT molecular complexity index is 322. The predicted molar refractivity (Wildman–Crippen MR) is 64.9 cm³/mol. The van der Waals surface area contributed by atoms with Crippen LogP contribution in [0.3, 0.4) is 0 Å². The highest BCUT2D eigenvalue weighted by Crippen LogP contribution is 2.19. The van der Waals surface area contributed by atoms with E-state index in [0.29, 0.717) is 6.42 Å². The van der Waals surface area contributed by atoms with Crippen LogP contribution in [0.1, 0.15) is 6.42 Å². The Balaban J connectivity index is 2.32. The van der Waals surface area contributed by atoms with Crippen LogP contribution in [0.4, 0.5) is 5.69 Å². The molecule has 0 bridgehead atoms. The zero-order chi connectivity index (χ0) is 11.3. The molecule has 0 atom stereocenters. The fourth-order valence-corrected chi connectivity index (χ4v) is 1.88. The summed E-state index contributed by atoms with van der Waals surface area (Å²) in [4.78, 5) is 14.0. The third-order valence-electron chi connectivity index (χ3n) is 1.96. The molecule has 1 aromatic rings. The van der Waals surface area contributed by atoms with Gasteiger partial charge in [0, 0.05) is 36.9 Å². The average molecular weight is 224 g/mol. The van der Waals surface area contributed by atoms with Crippen LogP contribution in [-0.4, -0.2) is 30.7 Å². The van der Waals surface area contributed by atoms with Gasteiger partial charge in [-0.1, -0.05) is 0 Å². The van der Waals surface area contributed by atoms with Crippen molar-refractivity contribution in [1.29, 1.82) is 0 Å². The van der Waals surface area contributed by atoms with Gasteiger partial charge < -0.3 is 10.6 Å². The summed E-state index contributed by atoms with van der Waals surface area (Å²) in [7, 11) is 3.55. The van der Waals surface area contributed by atoms with Gasteiger partial charge in [-0.2, -0.15) is 0 Å². The number of nitrogens with two attached hydrogens (primary N) is 1. The Kier molecular flexibility index (Phi) is 4.49. The summed E-state index contributed by atoms with van der Waals surface area (Å²) in [6, 6.07) is 7.69. The summed E-state index contributed by atoms with van der Waals surface area (Å²) in [6.45, 7) is 0. The minimum atomic E-state index is 0.165. The zero-order valence-corrected chi connectivity index (χ0v) is 9.88. The average Bonchev–Trinajstić information content (AvgIpc) is 2.20. The first-order valence-electron chi connectivity index (χ1n) is 4.78. The number of hydrogen-bond acceptors (Lipinski definition) is 3. The molecule has 0 saturated carbocycles. The summed E-state index contributed by atoms with van der Waals surface area (Å²) < 4.78 is 0. The Morgan fingerprint density at radius 1 is 1.33 bits per heavy atom. The summed E-state index contributed by atoms with van der Waals surface area (Å²) in [5.74, 6) is 0.971. The van der Waals surface area contributed by atoms with Gasteiger partial charge in [0.15, 0.2) is 0 Å². The number of carbonyl (C=O) groups is 1. The largest absolute Gasteiger partial charge is 0.399 e. The molecule has 0 fully saturated rings. The van der Waals surface area contributed by atoms with Gasteiger partial charge >= 0.3 is 0 Å². The van der Waals surface area contributed by atoms with Gasteiger partial charge in [-0.05, 0) is 24.3 Å². The van der Waals surface area contributed by atoms with Crippen molar-refractivity contribution in [1.82, 2.24) is 4.90 Å². The number of hydrogen-bond donors (Lipinski definition) is 1. The molecule has 2 N–H and O–H groups in total. The SMILES string of the molecule is CN(C)C(=O)CCSc1ccc(N)cc1. The normalized spacial score (nSPS) is 10.0. The minimum absolute atomic E-state index is 0.165. The zero-order valence-electron chi connectivity index (χ0n) is 9.06. The second-order valence-corrected chi connectivity index (χ2v) is 4.62. The molecule has 3 nitrogen and oxygen atoms in total. The van der Waals surface area contributed by atoms with Crippen LogP contribution in [0.15, 0.2) is 29.2 Å². The molecule has 15 heavy (non-hydrogen) atoms. The van der Waals surface area contributed by atoms with Crippen molar-refractivity contribution < 1.29 is 4.79 Å². The predicted octanol–water partition coefficient (Wildman–Crippen LogP) is 1.84. The monoisotopic (exact) mass is 224 g/mol. The van der Waals surface area contributed by atoms with Crippen LogP contribution in [0.2, 0.25) is 0 Å². The van der Waals surface area contributed by atoms with Gasteiger partial charge in [0.2, 0.25) is 5.91 Å². The highest BCUT2D eigenvalue weighted by molar-refractivity contribution is 7.99. The fraction of sp³-hybridized carbons (Fsp3) is 0.364. The molecule has 1 aromatic carbocycles. The number of nitrogens with zero attached hydrogens (tertiary/aromatic N) is 1. The molecular formula is C11H16N2OS. The molecule has 0 aliphatic carbocycles. The van der Waals surface area contributed by atoms with E-state index < -0.39 is 0 Å². The number of carbonyl (C=O) groups excluding carboxylic acids is 1. The van der Waals surface area contributed by atoms with Crippen LogP contribution in [0.25, 0.3) is 0 Å². The number of amides is 1. The highest BCUT2D eigenvalue weighted by atomic mass is 32.2. The maximum Gasteiger partial charge on any atom is 0.222 e. The number of thioether (sulfide) groups is 1. The van der Waals surface area contributed by atoms with Crippen LogP contribution in [0, 0.1) is 0 Å². The van der Waals surface area contributed by atoms with E-state index in [1.165, 1.54) is 0 Å². The van der Waals surface area contributed by atoms with Crippen LogP contribution in [-0.2, 0) is 4.79 Å². The van der Waals surface area contributed by atoms with Crippen molar-refractivity contribution in [2.75, 3.05) is 25.6 Å². The second-order valence-electron chi connectivity index (χ2n) is 3.46. The molecular weight excluding hydrogens is 208 g/mol. The number of benzene rings is 1. The van der Waals surface area contributed by atoms with Crippen LogP contribution < -0.4 is 5.73 Å². The molecule has 82 valence electrons. The molecule has 0 spiro atoms. The van der Waals surface area contributed by atoms with Gasteiger partial charge in [-0.3, -0.25) is 4.79 Å². The smallest absolute Gasteiger partial charge is 0.222 e. The lowest BCUT2D eigenvalue weighted by molar-refractivity contribution is -0.128. The molecule has 4 heteroatoms. The van der Waals surface area contributed by atoms with E-state index in [0.717, 1.165) is 16.3 Å². The van der Waals surface area contributed by atoms with Crippen molar-refractivity contribution in [2.24, 2.45) is 0 Å². The minimum Gasteiger partial charge on any atom is -0.399 e. The van der Waals surface area contributed by atoms with E-state index in [1.807, 2.05) is 24.3 Å². The molecule has 0 aliphatic heterocycles. The van der Waals surface area contributed by atoms with E-state index in [9.17, 15) is 4.79 Å². The fourth-order valence-electron chi connectivity index (χ4n) is 1.04. The molecule has 0 unspecified atom stereocenters. The van der Waals surface area contributed by atoms with Crippen molar-refractivity contribution in [3.05, 3.63) is 24.3 Å². The van der Waals surface area contributed by atoms with Gasteiger partial charge in [0.05, 0.1) is 0 Å². The van der Waals surface area contributed by atoms with Crippen molar-refractivity contribution in [3.63, 3.8) is 0 Å². The summed E-state index contributed by atoms with van der Waals surface area (Å²) >= 11 is 1.67. The third kappa shape index (κ3) is 4.25. The van der Waals surface area contributed by atoms with E-state index in [4.69, 9.17) is 5.73 Å². The topological polar surface area (TPSA) is 46.3 Å². The Morgan fingerprint density at radius 2 is 1.93 bits per heavy atom. The number of nitrogen functional groups attached to an aromatic ring is 1. The maximum absolute atomic E-state index is 11.3. The quantitative estimate of drug-likeness (QED) is 0.627. The van der Waals surface area contributed by atoms with E-state index in [1.54, 1.807) is 30.8 Å². The lowest BCUT2D eigenvalue weighted by Crippen LogP contribution is -2.21. The number of rotatable bonds is 4. The van der Waals surface area contributed by atoms with E-state index in [-0.39, 0.29) is 5.91 Å². The third-order valence-corrected chi connectivity index (χ3v) is 2.98. The van der Waals surface area contributed by atoms with Crippen LogP contribution >= 0.6 is 11.8 Å². The summed E-state index contributed by atoms with van der Waals surface area (Å²) in [6.07, 6.45) is 0.571. The Morgan fingerprint density at radius 3 is 2.47 bits per heavy atom. The first-order valence-corrected chi connectivity index (χ1v) is 5.76. The molecule has 0 heterocycles. The lowest BCUT2D eigenvalue weighted by Gasteiger charge is -2.09. The molecule has 0 saturated heterocycles. The highest BCUT2D eigenvalue weighted by Gasteiger charge is 2.03. The maximum atomic E-state index is 11.3. The van der Waals surface area contributed by atoms with Crippen molar-refractivity contribution >= 4 is 23.4 Å². The Labute approximate surface area is 94.6 Å². The van der Waals surface area contributed by atoms with Crippen molar-refractivity contribution in [2.45, 2.75) is 11.3 Å². The molecule has 0 radical (unpaired) electrons. The standard InChI is InChI=1S/C11H16N2OS/c1-13(2)11(14)7-8-15-10-5-3-9(12)4-6-10/h3-6H,7-8,12H2,1-2H3. The van der Waals surface area contributed by atoms with Crippen molar-refractivity contribution in [3.8, 4) is 0 Å². The summed E-state index contributed by atoms with van der Waals surface area (Å²) in [5.41, 5.74) is 6.34. The first-order chi connectivity index (χ1) is 7.09.